The molecule has 26 heavy (non-hydrogen) atoms. The maximum atomic E-state index is 12.3. The van der Waals surface area contributed by atoms with Gasteiger partial charge in [-0.25, -0.2) is 0 Å². The van der Waals surface area contributed by atoms with Crippen molar-refractivity contribution in [3.63, 3.8) is 0 Å². The normalized spacial score (nSPS) is 11.8. The molecule has 0 aliphatic heterocycles. The fraction of sp³-hybridized carbons (Fsp3) is 0.381. The Labute approximate surface area is 168 Å². The van der Waals surface area contributed by atoms with Gasteiger partial charge in [0.2, 0.25) is 0 Å². The number of carbonyl (C=O) groups is 1. The number of hydrogen-bond acceptors (Lipinski definition) is 4. The van der Waals surface area contributed by atoms with E-state index in [1.54, 1.807) is 11.8 Å². The molecule has 0 heterocycles. The number of esters is 1. The molecular formula is C21H25BrO3S. The summed E-state index contributed by atoms with van der Waals surface area (Å²) in [4.78, 5) is 12.3. The highest BCUT2D eigenvalue weighted by Gasteiger charge is 2.22. The smallest absolute Gasteiger partial charge is 0.323 e. The summed E-state index contributed by atoms with van der Waals surface area (Å²) in [7, 11) is 1.44. The third kappa shape index (κ3) is 6.69. The van der Waals surface area contributed by atoms with E-state index in [0.29, 0.717) is 5.75 Å². The van der Waals surface area contributed by atoms with E-state index in [1.165, 1.54) is 26.4 Å². The van der Waals surface area contributed by atoms with E-state index >= 15 is 0 Å². The van der Waals surface area contributed by atoms with E-state index in [4.69, 9.17) is 9.47 Å². The molecule has 0 aliphatic rings. The third-order valence-corrected chi connectivity index (χ3v) is 5.76. The van der Waals surface area contributed by atoms with E-state index in [-0.39, 0.29) is 11.2 Å². The number of unbranched alkanes of at least 4 members (excludes halogenated alkanes) is 3. The van der Waals surface area contributed by atoms with E-state index in [0.717, 1.165) is 28.0 Å². The molecule has 1 unspecified atom stereocenters. The van der Waals surface area contributed by atoms with Gasteiger partial charge < -0.3 is 9.47 Å². The van der Waals surface area contributed by atoms with Gasteiger partial charge in [0.15, 0.2) is 0 Å². The SMILES string of the molecule is CCCCCCSC(C(=O)OC)c1cccc(Oc2ccc(Br)cc2)c1. The van der Waals surface area contributed by atoms with Crippen LogP contribution in [0.1, 0.15) is 43.4 Å². The van der Waals surface area contributed by atoms with Gasteiger partial charge in [0, 0.05) is 4.47 Å². The summed E-state index contributed by atoms with van der Waals surface area (Å²) >= 11 is 5.05. The van der Waals surface area contributed by atoms with Crippen LogP contribution < -0.4 is 4.74 Å². The van der Waals surface area contributed by atoms with Gasteiger partial charge in [-0.05, 0) is 54.1 Å². The molecule has 0 saturated heterocycles. The standard InChI is InChI=1S/C21H25BrO3S/c1-3-4-5-6-14-26-20(21(23)24-2)16-8-7-9-19(15-16)25-18-12-10-17(22)11-13-18/h7-13,15,20H,3-6,14H2,1-2H3. The van der Waals surface area contributed by atoms with Crippen molar-refractivity contribution in [2.24, 2.45) is 0 Å². The first-order valence-electron chi connectivity index (χ1n) is 8.87. The van der Waals surface area contributed by atoms with Gasteiger partial charge in [-0.1, -0.05) is 54.2 Å². The monoisotopic (exact) mass is 436 g/mol. The predicted octanol–water partition coefficient (Wildman–Crippen LogP) is 6.77. The van der Waals surface area contributed by atoms with Crippen molar-refractivity contribution in [2.75, 3.05) is 12.9 Å². The van der Waals surface area contributed by atoms with Crippen LogP contribution in [0.2, 0.25) is 0 Å². The van der Waals surface area contributed by atoms with Crippen molar-refractivity contribution in [1.82, 2.24) is 0 Å². The van der Waals surface area contributed by atoms with Crippen molar-refractivity contribution in [3.8, 4) is 11.5 Å². The molecule has 140 valence electrons. The van der Waals surface area contributed by atoms with Gasteiger partial charge in [0.25, 0.3) is 0 Å². The van der Waals surface area contributed by atoms with Crippen LogP contribution >= 0.6 is 27.7 Å². The Bertz CT molecular complexity index is 688. The number of methoxy groups -OCH3 is 1. The fourth-order valence-corrected chi connectivity index (χ4v) is 3.96. The molecule has 0 spiro atoms. The van der Waals surface area contributed by atoms with Crippen LogP contribution in [0, 0.1) is 0 Å². The Morgan fingerprint density at radius 1 is 1.08 bits per heavy atom. The van der Waals surface area contributed by atoms with Crippen LogP contribution in [-0.2, 0) is 9.53 Å². The van der Waals surface area contributed by atoms with Gasteiger partial charge in [-0.15, -0.1) is 11.8 Å². The number of rotatable bonds is 10. The summed E-state index contributed by atoms with van der Waals surface area (Å²) in [5.74, 6) is 2.20. The van der Waals surface area contributed by atoms with Gasteiger partial charge in [0.05, 0.1) is 7.11 Å². The van der Waals surface area contributed by atoms with Gasteiger partial charge >= 0.3 is 5.97 Å². The van der Waals surface area contributed by atoms with E-state index in [1.807, 2.05) is 48.5 Å². The first-order chi connectivity index (χ1) is 12.6. The van der Waals surface area contributed by atoms with Crippen molar-refractivity contribution in [2.45, 2.75) is 37.9 Å². The van der Waals surface area contributed by atoms with E-state index < -0.39 is 0 Å². The first kappa shape index (κ1) is 20.8. The lowest BCUT2D eigenvalue weighted by Crippen LogP contribution is -2.12. The number of thioether (sulfide) groups is 1. The van der Waals surface area contributed by atoms with E-state index in [9.17, 15) is 4.79 Å². The predicted molar refractivity (Wildman–Crippen MR) is 112 cm³/mol. The van der Waals surface area contributed by atoms with Crippen LogP contribution in [0.3, 0.4) is 0 Å². The fourth-order valence-electron chi connectivity index (χ4n) is 2.52. The minimum absolute atomic E-state index is 0.216. The second-order valence-electron chi connectivity index (χ2n) is 5.96. The lowest BCUT2D eigenvalue weighted by Gasteiger charge is -2.16. The number of ether oxygens (including phenoxy) is 2. The molecule has 0 aliphatic carbocycles. The third-order valence-electron chi connectivity index (χ3n) is 3.91. The van der Waals surface area contributed by atoms with Crippen molar-refractivity contribution in [1.29, 1.82) is 0 Å². The number of carbonyl (C=O) groups excluding carboxylic acids is 1. The van der Waals surface area contributed by atoms with Gasteiger partial charge in [-0.3, -0.25) is 4.79 Å². The molecule has 5 heteroatoms. The van der Waals surface area contributed by atoms with Crippen LogP contribution in [0.5, 0.6) is 11.5 Å². The molecular weight excluding hydrogens is 412 g/mol. The van der Waals surface area contributed by atoms with Crippen LogP contribution in [0.25, 0.3) is 0 Å². The van der Waals surface area contributed by atoms with Crippen LogP contribution in [0.15, 0.2) is 53.0 Å². The molecule has 0 saturated carbocycles. The second kappa shape index (κ2) is 11.3. The zero-order chi connectivity index (χ0) is 18.8. The molecule has 0 fully saturated rings. The topological polar surface area (TPSA) is 35.5 Å². The highest BCUT2D eigenvalue weighted by atomic mass is 79.9. The summed E-state index contributed by atoms with van der Waals surface area (Å²) in [6.07, 6.45) is 4.76. The maximum absolute atomic E-state index is 12.3. The number of benzene rings is 2. The zero-order valence-electron chi connectivity index (χ0n) is 15.2. The Morgan fingerprint density at radius 3 is 2.54 bits per heavy atom. The highest BCUT2D eigenvalue weighted by Crippen LogP contribution is 2.34. The number of halogens is 1. The van der Waals surface area contributed by atoms with Crippen LogP contribution in [0.4, 0.5) is 0 Å². The summed E-state index contributed by atoms with van der Waals surface area (Å²) < 4.78 is 11.9. The Balaban J connectivity index is 2.07. The second-order valence-corrected chi connectivity index (χ2v) is 8.09. The molecule has 0 amide bonds. The molecule has 3 nitrogen and oxygen atoms in total. The summed E-state index contributed by atoms with van der Waals surface area (Å²) in [6, 6.07) is 15.3. The van der Waals surface area contributed by atoms with Crippen molar-refractivity contribution >= 4 is 33.7 Å². The Hall–Kier alpha value is -1.46. The number of hydrogen-bond donors (Lipinski definition) is 0. The van der Waals surface area contributed by atoms with Crippen molar-refractivity contribution < 1.29 is 14.3 Å². The molecule has 0 bridgehead atoms. The average Bonchev–Trinajstić information content (AvgIpc) is 2.66. The minimum atomic E-state index is -0.324. The lowest BCUT2D eigenvalue weighted by molar-refractivity contribution is -0.140. The maximum Gasteiger partial charge on any atom is 0.323 e. The lowest BCUT2D eigenvalue weighted by atomic mass is 10.1. The zero-order valence-corrected chi connectivity index (χ0v) is 17.6. The average molecular weight is 437 g/mol. The quantitative estimate of drug-likeness (QED) is 0.304. The van der Waals surface area contributed by atoms with Crippen molar-refractivity contribution in [3.05, 3.63) is 58.6 Å². The summed E-state index contributed by atoms with van der Waals surface area (Å²) in [5, 5.41) is -0.324. The molecule has 0 N–H and O–H groups in total. The summed E-state index contributed by atoms with van der Waals surface area (Å²) in [5.41, 5.74) is 0.909. The van der Waals surface area contributed by atoms with Gasteiger partial charge in [0.1, 0.15) is 16.7 Å². The molecule has 1 atom stereocenters. The van der Waals surface area contributed by atoms with Crippen LogP contribution in [-0.4, -0.2) is 18.8 Å². The highest BCUT2D eigenvalue weighted by molar-refractivity contribution is 9.10. The Morgan fingerprint density at radius 2 is 1.85 bits per heavy atom. The largest absolute Gasteiger partial charge is 0.468 e. The minimum Gasteiger partial charge on any atom is -0.468 e. The van der Waals surface area contributed by atoms with Gasteiger partial charge in [-0.2, -0.15) is 0 Å². The molecule has 0 radical (unpaired) electrons. The van der Waals surface area contributed by atoms with E-state index in [2.05, 4.69) is 22.9 Å². The first-order valence-corrected chi connectivity index (χ1v) is 10.7. The molecule has 2 aromatic rings. The molecule has 0 aromatic heterocycles. The molecule has 2 aromatic carbocycles. The molecule has 2 rings (SSSR count). The Kier molecular flexibility index (Phi) is 9.06. The summed E-state index contributed by atoms with van der Waals surface area (Å²) in [6.45, 7) is 2.20.